The highest BCUT2D eigenvalue weighted by molar-refractivity contribution is 6.00. The summed E-state index contributed by atoms with van der Waals surface area (Å²) in [4.78, 5) is 27.6. The molecule has 0 spiro atoms. The van der Waals surface area contributed by atoms with E-state index in [4.69, 9.17) is 5.10 Å². The van der Waals surface area contributed by atoms with E-state index in [1.54, 1.807) is 4.68 Å². The van der Waals surface area contributed by atoms with E-state index >= 15 is 0 Å². The van der Waals surface area contributed by atoms with Gasteiger partial charge in [-0.1, -0.05) is 61.9 Å². The van der Waals surface area contributed by atoms with E-state index in [1.165, 1.54) is 5.56 Å². The number of nitrogens with one attached hydrogen (secondary N) is 1. The Morgan fingerprint density at radius 3 is 2.47 bits per heavy atom. The Balaban J connectivity index is 1.64. The van der Waals surface area contributed by atoms with Gasteiger partial charge in [0, 0.05) is 36.8 Å². The van der Waals surface area contributed by atoms with Crippen LogP contribution in [0.5, 0.6) is 0 Å². The molecule has 3 aromatic rings. The van der Waals surface area contributed by atoms with Crippen LogP contribution in [0.4, 0.5) is 0 Å². The average molecular weight is 431 g/mol. The molecule has 2 aromatic carbocycles. The number of rotatable bonds is 5. The third-order valence-corrected chi connectivity index (χ3v) is 5.87. The Kier molecular flexibility index (Phi) is 6.40. The number of carbonyl (C=O) groups excluding carboxylic acids is 2. The number of likely N-dealkylation sites (tertiary alicyclic amines) is 1. The van der Waals surface area contributed by atoms with Gasteiger partial charge in [-0.05, 0) is 31.9 Å². The minimum absolute atomic E-state index is 0.0186. The molecule has 32 heavy (non-hydrogen) atoms. The normalized spacial score (nSPS) is 16.2. The Bertz CT molecular complexity index is 1090. The molecule has 0 saturated carbocycles. The Hall–Kier alpha value is -3.41. The van der Waals surface area contributed by atoms with Crippen molar-refractivity contribution in [1.29, 1.82) is 0 Å². The fourth-order valence-corrected chi connectivity index (χ4v) is 3.99. The molecule has 1 saturated heterocycles. The van der Waals surface area contributed by atoms with Gasteiger partial charge >= 0.3 is 0 Å². The summed E-state index contributed by atoms with van der Waals surface area (Å²) < 4.78 is 1.77. The lowest BCUT2D eigenvalue weighted by atomic mass is 10.0. The predicted octanol–water partition coefficient (Wildman–Crippen LogP) is 4.22. The first kappa shape index (κ1) is 21.8. The van der Waals surface area contributed by atoms with Crippen molar-refractivity contribution in [3.05, 3.63) is 71.9 Å². The van der Waals surface area contributed by atoms with Gasteiger partial charge in [-0.15, -0.1) is 0 Å². The largest absolute Gasteiger partial charge is 0.351 e. The Morgan fingerprint density at radius 2 is 1.78 bits per heavy atom. The quantitative estimate of drug-likeness (QED) is 0.659. The average Bonchev–Trinajstić information content (AvgIpc) is 3.25. The van der Waals surface area contributed by atoms with Crippen LogP contribution in [0.3, 0.4) is 0 Å². The molecule has 6 nitrogen and oxygen atoms in total. The number of piperidine rings is 1. The molecule has 1 N–H and O–H groups in total. The lowest BCUT2D eigenvalue weighted by Gasteiger charge is -2.33. The van der Waals surface area contributed by atoms with Crippen LogP contribution >= 0.6 is 0 Å². The number of hydrogen-bond acceptors (Lipinski definition) is 3. The molecule has 4 rings (SSSR count). The van der Waals surface area contributed by atoms with E-state index in [-0.39, 0.29) is 23.8 Å². The molecular formula is C26H30N4O2. The van der Waals surface area contributed by atoms with Crippen LogP contribution in [0, 0.1) is 12.8 Å². The van der Waals surface area contributed by atoms with Crippen molar-refractivity contribution in [3.8, 4) is 16.9 Å². The number of hydrogen-bond donors (Lipinski definition) is 1. The highest BCUT2D eigenvalue weighted by Gasteiger charge is 2.29. The van der Waals surface area contributed by atoms with Gasteiger partial charge < -0.3 is 10.2 Å². The van der Waals surface area contributed by atoms with Gasteiger partial charge in [0.2, 0.25) is 5.91 Å². The van der Waals surface area contributed by atoms with Crippen LogP contribution in [-0.4, -0.2) is 45.6 Å². The summed E-state index contributed by atoms with van der Waals surface area (Å²) in [5.41, 5.74) is 4.23. The number of nitrogens with zero attached hydrogens (tertiary/aromatic N) is 3. The van der Waals surface area contributed by atoms with Crippen molar-refractivity contribution in [2.75, 3.05) is 13.1 Å². The van der Waals surface area contributed by atoms with Crippen molar-refractivity contribution in [2.45, 2.75) is 39.7 Å². The molecular weight excluding hydrogens is 400 g/mol. The number of carbonyl (C=O) groups is 2. The monoisotopic (exact) mass is 430 g/mol. The van der Waals surface area contributed by atoms with Crippen molar-refractivity contribution < 1.29 is 9.59 Å². The van der Waals surface area contributed by atoms with Crippen molar-refractivity contribution in [1.82, 2.24) is 20.0 Å². The molecule has 0 bridgehead atoms. The van der Waals surface area contributed by atoms with Crippen molar-refractivity contribution in [2.24, 2.45) is 5.92 Å². The zero-order valence-corrected chi connectivity index (χ0v) is 18.9. The van der Waals surface area contributed by atoms with Crippen molar-refractivity contribution >= 4 is 11.8 Å². The van der Waals surface area contributed by atoms with E-state index in [0.29, 0.717) is 24.3 Å². The Morgan fingerprint density at radius 1 is 1.06 bits per heavy atom. The van der Waals surface area contributed by atoms with Crippen molar-refractivity contribution in [3.63, 3.8) is 0 Å². The molecule has 1 atom stereocenters. The van der Waals surface area contributed by atoms with Gasteiger partial charge in [0.15, 0.2) is 0 Å². The van der Waals surface area contributed by atoms with Crippen LogP contribution in [0.2, 0.25) is 0 Å². The third-order valence-electron chi connectivity index (χ3n) is 5.87. The third kappa shape index (κ3) is 4.74. The molecule has 0 aliphatic carbocycles. The molecule has 1 fully saturated rings. The first-order valence-electron chi connectivity index (χ1n) is 11.2. The topological polar surface area (TPSA) is 67.2 Å². The molecule has 1 aliphatic heterocycles. The summed E-state index contributed by atoms with van der Waals surface area (Å²) >= 11 is 0. The minimum Gasteiger partial charge on any atom is -0.351 e. The van der Waals surface area contributed by atoms with Gasteiger partial charge in [-0.25, -0.2) is 4.68 Å². The van der Waals surface area contributed by atoms with Crippen LogP contribution < -0.4 is 5.32 Å². The Labute approximate surface area is 189 Å². The molecule has 1 aromatic heterocycles. The maximum atomic E-state index is 13.6. The lowest BCUT2D eigenvalue weighted by Crippen LogP contribution is -2.50. The number of aryl methyl sites for hydroxylation is 1. The van der Waals surface area contributed by atoms with Crippen LogP contribution in [0.15, 0.2) is 60.8 Å². The standard InChI is InChI=1S/C26H30N4O2/c1-18(2)25(31)27-21-10-7-15-29(16-21)26(32)23-17-30(22-13-11-19(3)12-14-22)28-24(23)20-8-5-4-6-9-20/h4-6,8-9,11-14,17-18,21H,7,10,15-16H2,1-3H3,(H,27,31). The summed E-state index contributed by atoms with van der Waals surface area (Å²) in [7, 11) is 0. The second kappa shape index (κ2) is 9.39. The zero-order chi connectivity index (χ0) is 22.7. The van der Waals surface area contributed by atoms with Crippen LogP contribution in [0.25, 0.3) is 16.9 Å². The smallest absolute Gasteiger partial charge is 0.257 e. The van der Waals surface area contributed by atoms with E-state index in [2.05, 4.69) is 5.32 Å². The number of aromatic nitrogens is 2. The minimum atomic E-state index is -0.0708. The molecule has 1 unspecified atom stereocenters. The van der Waals surface area contributed by atoms with Gasteiger partial charge in [0.05, 0.1) is 11.3 Å². The van der Waals surface area contributed by atoms with Crippen LogP contribution in [0.1, 0.15) is 42.6 Å². The summed E-state index contributed by atoms with van der Waals surface area (Å²) in [6.45, 7) is 7.00. The zero-order valence-electron chi connectivity index (χ0n) is 18.9. The number of amides is 2. The van der Waals surface area contributed by atoms with Gasteiger partial charge in [-0.3, -0.25) is 9.59 Å². The first-order chi connectivity index (χ1) is 15.4. The predicted molar refractivity (Wildman–Crippen MR) is 126 cm³/mol. The molecule has 1 aliphatic rings. The van der Waals surface area contributed by atoms with E-state index in [1.807, 2.05) is 86.5 Å². The lowest BCUT2D eigenvalue weighted by molar-refractivity contribution is -0.125. The maximum absolute atomic E-state index is 13.6. The molecule has 166 valence electrons. The summed E-state index contributed by atoms with van der Waals surface area (Å²) in [6, 6.07) is 17.9. The van der Waals surface area contributed by atoms with E-state index < -0.39 is 0 Å². The molecule has 2 amide bonds. The fourth-order valence-electron chi connectivity index (χ4n) is 3.99. The summed E-state index contributed by atoms with van der Waals surface area (Å²) in [6.07, 6.45) is 3.57. The molecule has 2 heterocycles. The van der Waals surface area contributed by atoms with E-state index in [9.17, 15) is 9.59 Å². The highest BCUT2D eigenvalue weighted by atomic mass is 16.2. The summed E-state index contributed by atoms with van der Waals surface area (Å²) in [5, 5.41) is 7.87. The highest BCUT2D eigenvalue weighted by Crippen LogP contribution is 2.26. The SMILES string of the molecule is Cc1ccc(-n2cc(C(=O)N3CCCC(NC(=O)C(C)C)C3)c(-c3ccccc3)n2)cc1. The van der Waals surface area contributed by atoms with Gasteiger partial charge in [-0.2, -0.15) is 5.10 Å². The summed E-state index contributed by atoms with van der Waals surface area (Å²) in [5.74, 6) is -0.0920. The van der Waals surface area contributed by atoms with Gasteiger partial charge in [0.1, 0.15) is 5.69 Å². The van der Waals surface area contributed by atoms with Gasteiger partial charge in [0.25, 0.3) is 5.91 Å². The first-order valence-corrected chi connectivity index (χ1v) is 11.2. The van der Waals surface area contributed by atoms with E-state index in [0.717, 1.165) is 24.1 Å². The molecule has 6 heteroatoms. The maximum Gasteiger partial charge on any atom is 0.257 e. The second-order valence-electron chi connectivity index (χ2n) is 8.79. The fraction of sp³-hybridized carbons (Fsp3) is 0.346. The second-order valence-corrected chi connectivity index (χ2v) is 8.79. The number of benzene rings is 2. The molecule has 0 radical (unpaired) electrons. The van der Waals surface area contributed by atoms with Crippen LogP contribution in [-0.2, 0) is 4.79 Å².